The summed E-state index contributed by atoms with van der Waals surface area (Å²) in [6.45, 7) is 2.51. The number of carbonyl (C=O) groups is 2. The van der Waals surface area contributed by atoms with Crippen molar-refractivity contribution in [1.29, 1.82) is 0 Å². The first-order valence-electron chi connectivity index (χ1n) is 8.58. The molecule has 0 aliphatic rings. The number of nitro benzene ring substituents is 1. The molecule has 0 radical (unpaired) electrons. The van der Waals surface area contributed by atoms with Crippen molar-refractivity contribution in [3.63, 3.8) is 0 Å². The summed E-state index contributed by atoms with van der Waals surface area (Å²) in [6.07, 6.45) is 6.23. The fraction of sp³-hybridized carbons (Fsp3) is 0.222. The smallest absolute Gasteiger partial charge is 0.333 e. The van der Waals surface area contributed by atoms with E-state index in [0.29, 0.717) is 17.8 Å². The van der Waals surface area contributed by atoms with Crippen molar-refractivity contribution >= 4 is 29.8 Å². The highest BCUT2D eigenvalue weighted by Gasteiger charge is 2.09. The van der Waals surface area contributed by atoms with E-state index in [1.165, 1.54) is 24.5 Å². The van der Waals surface area contributed by atoms with Gasteiger partial charge in [0, 0.05) is 18.7 Å². The van der Waals surface area contributed by atoms with Gasteiger partial charge in [0.05, 0.1) is 10.6 Å². The zero-order valence-electron chi connectivity index (χ0n) is 15.2. The Morgan fingerprint density at radius 3 is 2.75 bits per heavy atom. The molecule has 0 bridgehead atoms. The molecule has 0 aliphatic carbocycles. The summed E-state index contributed by atoms with van der Waals surface area (Å²) in [5, 5.41) is 13.4. The largest absolute Gasteiger partial charge is 0.337 e. The Balaban J connectivity index is 1.97. The van der Waals surface area contributed by atoms with Crippen LogP contribution in [0.4, 0.5) is 10.5 Å². The van der Waals surface area contributed by atoms with Crippen molar-refractivity contribution in [3.05, 3.63) is 63.7 Å². The van der Waals surface area contributed by atoms with Crippen LogP contribution in [-0.2, 0) is 0 Å². The van der Waals surface area contributed by atoms with Crippen molar-refractivity contribution in [2.45, 2.75) is 19.8 Å². The molecular weight excluding hydrogens is 364 g/mol. The molecule has 28 heavy (non-hydrogen) atoms. The number of unbranched alkanes of at least 4 members (excludes halogenated alkanes) is 1. The molecule has 3 amide bonds. The van der Waals surface area contributed by atoms with Crippen LogP contribution in [0, 0.1) is 10.1 Å². The molecule has 1 aromatic heterocycles. The zero-order chi connectivity index (χ0) is 20.4. The Labute approximate surface area is 161 Å². The third-order valence-corrected chi connectivity index (χ3v) is 3.55. The number of aromatic nitrogens is 2. The average molecular weight is 384 g/mol. The number of non-ortho nitro benzene ring substituents is 1. The fourth-order valence-corrected chi connectivity index (χ4v) is 2.11. The maximum absolute atomic E-state index is 12.1. The molecule has 0 saturated heterocycles. The Bertz CT molecular complexity index is 884. The standard InChI is InChI=1S/C18H20N6O4/c1-2-3-9-19-18(26)23-22-17(25)16-11-14(20-12-21-16)8-7-13-5-4-6-15(10-13)24(27)28/h4-8,10-12H,2-3,9H2,1H3,(H,22,25)(H2,19,23,26)/b8-7-. The van der Waals surface area contributed by atoms with E-state index in [9.17, 15) is 19.7 Å². The van der Waals surface area contributed by atoms with Crippen molar-refractivity contribution in [1.82, 2.24) is 26.1 Å². The second kappa shape index (κ2) is 10.4. The van der Waals surface area contributed by atoms with Crippen LogP contribution in [-0.4, -0.2) is 33.4 Å². The van der Waals surface area contributed by atoms with E-state index in [1.807, 2.05) is 6.92 Å². The summed E-state index contributed by atoms with van der Waals surface area (Å²) in [5.74, 6) is -0.599. The number of hydrogen-bond acceptors (Lipinski definition) is 6. The Kier molecular flexibility index (Phi) is 7.58. The molecule has 10 nitrogen and oxygen atoms in total. The minimum Gasteiger partial charge on any atom is -0.337 e. The zero-order valence-corrected chi connectivity index (χ0v) is 15.2. The molecule has 10 heteroatoms. The van der Waals surface area contributed by atoms with Crippen LogP contribution < -0.4 is 16.2 Å². The number of amides is 3. The van der Waals surface area contributed by atoms with Crippen molar-refractivity contribution in [3.8, 4) is 0 Å². The number of nitrogens with one attached hydrogen (secondary N) is 3. The first-order chi connectivity index (χ1) is 13.5. The van der Waals surface area contributed by atoms with Crippen molar-refractivity contribution in [2.75, 3.05) is 6.54 Å². The lowest BCUT2D eigenvalue weighted by molar-refractivity contribution is -0.384. The van der Waals surface area contributed by atoms with Gasteiger partial charge in [-0.05, 0) is 24.1 Å². The van der Waals surface area contributed by atoms with Gasteiger partial charge in [0.15, 0.2) is 0 Å². The van der Waals surface area contributed by atoms with Crippen LogP contribution in [0.15, 0.2) is 36.7 Å². The minimum atomic E-state index is -0.599. The van der Waals surface area contributed by atoms with E-state index in [2.05, 4.69) is 26.1 Å². The predicted octanol–water partition coefficient (Wildman–Crippen LogP) is 2.30. The van der Waals surface area contributed by atoms with Crippen molar-refractivity contribution in [2.24, 2.45) is 0 Å². The number of rotatable bonds is 7. The van der Waals surface area contributed by atoms with Crippen LogP contribution in [0.25, 0.3) is 12.2 Å². The maximum atomic E-state index is 12.1. The molecule has 0 fully saturated rings. The van der Waals surface area contributed by atoms with Gasteiger partial charge >= 0.3 is 6.03 Å². The van der Waals surface area contributed by atoms with Gasteiger partial charge in [-0.3, -0.25) is 20.3 Å². The highest BCUT2D eigenvalue weighted by Crippen LogP contribution is 2.15. The van der Waals surface area contributed by atoms with Gasteiger partial charge < -0.3 is 5.32 Å². The van der Waals surface area contributed by atoms with Crippen molar-refractivity contribution < 1.29 is 14.5 Å². The molecule has 1 heterocycles. The number of hydrogen-bond donors (Lipinski definition) is 3. The fourth-order valence-electron chi connectivity index (χ4n) is 2.11. The topological polar surface area (TPSA) is 139 Å². The number of nitrogens with zero attached hydrogens (tertiary/aromatic N) is 3. The lowest BCUT2D eigenvalue weighted by Gasteiger charge is -2.08. The number of urea groups is 1. The Morgan fingerprint density at radius 2 is 2.00 bits per heavy atom. The molecule has 0 unspecified atom stereocenters. The second-order valence-electron chi connectivity index (χ2n) is 5.70. The van der Waals surface area contributed by atoms with Crippen LogP contribution >= 0.6 is 0 Å². The molecule has 2 aromatic rings. The van der Waals surface area contributed by atoms with Gasteiger partial charge in [-0.2, -0.15) is 0 Å². The SMILES string of the molecule is CCCCNC(=O)NNC(=O)c1cc(/C=C\c2cccc([N+](=O)[O-])c2)ncn1. The summed E-state index contributed by atoms with van der Waals surface area (Å²) in [5.41, 5.74) is 5.58. The van der Waals surface area contributed by atoms with E-state index in [0.717, 1.165) is 12.8 Å². The van der Waals surface area contributed by atoms with Crippen LogP contribution in [0.5, 0.6) is 0 Å². The van der Waals surface area contributed by atoms with E-state index >= 15 is 0 Å². The molecule has 0 saturated carbocycles. The molecule has 3 N–H and O–H groups in total. The van der Waals surface area contributed by atoms with E-state index in [4.69, 9.17) is 0 Å². The quantitative estimate of drug-likeness (QED) is 0.380. The normalized spacial score (nSPS) is 10.5. The number of carbonyl (C=O) groups excluding carboxylic acids is 2. The van der Waals surface area contributed by atoms with Gasteiger partial charge in [-0.1, -0.05) is 31.6 Å². The average Bonchev–Trinajstić information content (AvgIpc) is 2.71. The molecular formula is C18H20N6O4. The third-order valence-electron chi connectivity index (χ3n) is 3.55. The molecule has 146 valence electrons. The summed E-state index contributed by atoms with van der Waals surface area (Å²) in [7, 11) is 0. The molecule has 0 spiro atoms. The van der Waals surface area contributed by atoms with Crippen LogP contribution in [0.2, 0.25) is 0 Å². The second-order valence-corrected chi connectivity index (χ2v) is 5.70. The van der Waals surface area contributed by atoms with Crippen LogP contribution in [0.1, 0.15) is 41.5 Å². The monoisotopic (exact) mass is 384 g/mol. The Hall–Kier alpha value is -3.82. The minimum absolute atomic E-state index is 0.0202. The molecule has 0 aliphatic heterocycles. The molecule has 0 atom stereocenters. The summed E-state index contributed by atoms with van der Waals surface area (Å²) in [4.78, 5) is 41.8. The summed E-state index contributed by atoms with van der Waals surface area (Å²) < 4.78 is 0. The lowest BCUT2D eigenvalue weighted by Crippen LogP contribution is -2.47. The first kappa shape index (κ1) is 20.5. The van der Waals surface area contributed by atoms with Crippen LogP contribution in [0.3, 0.4) is 0 Å². The Morgan fingerprint density at radius 1 is 1.18 bits per heavy atom. The van der Waals surface area contributed by atoms with Gasteiger partial charge in [-0.25, -0.2) is 20.2 Å². The molecule has 1 aromatic carbocycles. The van der Waals surface area contributed by atoms with Gasteiger partial charge in [-0.15, -0.1) is 0 Å². The number of benzene rings is 1. The summed E-state index contributed by atoms with van der Waals surface area (Å²) in [6, 6.07) is 7.02. The number of nitro groups is 1. The molecule has 2 rings (SSSR count). The van der Waals surface area contributed by atoms with Gasteiger partial charge in [0.25, 0.3) is 11.6 Å². The van der Waals surface area contributed by atoms with E-state index in [1.54, 1.807) is 24.3 Å². The van der Waals surface area contributed by atoms with E-state index in [-0.39, 0.29) is 11.4 Å². The van der Waals surface area contributed by atoms with E-state index < -0.39 is 16.9 Å². The van der Waals surface area contributed by atoms with Gasteiger partial charge in [0.2, 0.25) is 0 Å². The third kappa shape index (κ3) is 6.48. The lowest BCUT2D eigenvalue weighted by atomic mass is 10.1. The first-order valence-corrected chi connectivity index (χ1v) is 8.58. The highest BCUT2D eigenvalue weighted by molar-refractivity contribution is 5.93. The predicted molar refractivity (Wildman–Crippen MR) is 103 cm³/mol. The van der Waals surface area contributed by atoms with Gasteiger partial charge in [0.1, 0.15) is 12.0 Å². The maximum Gasteiger partial charge on any atom is 0.333 e. The summed E-state index contributed by atoms with van der Waals surface area (Å²) >= 11 is 0. The number of hydrazine groups is 1. The highest BCUT2D eigenvalue weighted by atomic mass is 16.6.